The highest BCUT2D eigenvalue weighted by molar-refractivity contribution is 5.94. The lowest BCUT2D eigenvalue weighted by atomic mass is 10.2. The Kier molecular flexibility index (Phi) is 4.53. The van der Waals surface area contributed by atoms with Crippen LogP contribution < -0.4 is 10.1 Å². The summed E-state index contributed by atoms with van der Waals surface area (Å²) in [7, 11) is 0. The van der Waals surface area contributed by atoms with Crippen molar-refractivity contribution in [2.75, 3.05) is 5.32 Å². The van der Waals surface area contributed by atoms with E-state index >= 15 is 0 Å². The van der Waals surface area contributed by atoms with Crippen molar-refractivity contribution in [2.24, 2.45) is 0 Å². The van der Waals surface area contributed by atoms with Crippen molar-refractivity contribution >= 4 is 28.5 Å². The second-order valence-corrected chi connectivity index (χ2v) is 6.01. The first-order valence-electron chi connectivity index (χ1n) is 8.70. The molecule has 0 saturated carbocycles. The van der Waals surface area contributed by atoms with Crippen molar-refractivity contribution in [3.8, 4) is 11.5 Å². The second kappa shape index (κ2) is 7.29. The molecule has 6 nitrogen and oxygen atoms in total. The summed E-state index contributed by atoms with van der Waals surface area (Å²) >= 11 is 0. The van der Waals surface area contributed by atoms with Crippen LogP contribution in [0.4, 0.5) is 11.6 Å². The van der Waals surface area contributed by atoms with Gasteiger partial charge in [0.25, 0.3) is 0 Å². The Bertz CT molecular complexity index is 1090. The van der Waals surface area contributed by atoms with Gasteiger partial charge in [-0.25, -0.2) is 4.98 Å². The molecular formula is C21H18N4O2. The zero-order valence-electron chi connectivity index (χ0n) is 14.8. The lowest BCUT2D eigenvalue weighted by Crippen LogP contribution is -2.00. The van der Waals surface area contributed by atoms with Gasteiger partial charge in [-0.2, -0.15) is 0 Å². The number of fused-ring (bicyclic) bond motifs is 1. The standard InChI is InChI=1S/C21H18N4O2/c1-2-20(26)19-13-16(10-11-22-19)27-15-8-9-17-18(12-15)25-21(24-17)23-14-6-4-3-5-7-14/h3-13H,2H2,1H3,(H2,23,24,25). The van der Waals surface area contributed by atoms with Crippen molar-refractivity contribution in [2.45, 2.75) is 13.3 Å². The van der Waals surface area contributed by atoms with Crippen molar-refractivity contribution in [3.63, 3.8) is 0 Å². The smallest absolute Gasteiger partial charge is 0.205 e. The van der Waals surface area contributed by atoms with Crippen LogP contribution in [-0.4, -0.2) is 20.7 Å². The number of anilines is 2. The van der Waals surface area contributed by atoms with E-state index < -0.39 is 0 Å². The zero-order valence-corrected chi connectivity index (χ0v) is 14.8. The average Bonchev–Trinajstić information content (AvgIpc) is 3.10. The van der Waals surface area contributed by atoms with Gasteiger partial charge in [-0.15, -0.1) is 0 Å². The third kappa shape index (κ3) is 3.79. The number of H-pyrrole nitrogens is 1. The van der Waals surface area contributed by atoms with Crippen molar-refractivity contribution in [1.82, 2.24) is 15.0 Å². The number of ketones is 1. The Morgan fingerprint density at radius 2 is 1.89 bits per heavy atom. The van der Waals surface area contributed by atoms with Crippen LogP contribution in [0.15, 0.2) is 66.9 Å². The average molecular weight is 358 g/mol. The topological polar surface area (TPSA) is 79.9 Å². The van der Waals surface area contributed by atoms with Gasteiger partial charge >= 0.3 is 0 Å². The molecule has 0 aliphatic rings. The lowest BCUT2D eigenvalue weighted by Gasteiger charge is -2.06. The maximum Gasteiger partial charge on any atom is 0.205 e. The van der Waals surface area contributed by atoms with Crippen LogP contribution in [0.3, 0.4) is 0 Å². The molecule has 0 unspecified atom stereocenters. The molecule has 4 aromatic rings. The summed E-state index contributed by atoms with van der Waals surface area (Å²) in [5.41, 5.74) is 3.05. The molecule has 0 spiro atoms. The molecule has 2 aromatic heterocycles. The second-order valence-electron chi connectivity index (χ2n) is 6.01. The van der Waals surface area contributed by atoms with Crippen LogP contribution in [0.5, 0.6) is 11.5 Å². The van der Waals surface area contributed by atoms with Gasteiger partial charge < -0.3 is 15.0 Å². The number of aromatic nitrogens is 3. The van der Waals surface area contributed by atoms with Crippen LogP contribution in [-0.2, 0) is 0 Å². The van der Waals surface area contributed by atoms with E-state index in [0.29, 0.717) is 29.6 Å². The summed E-state index contributed by atoms with van der Waals surface area (Å²) in [5.74, 6) is 1.87. The molecular weight excluding hydrogens is 340 g/mol. The number of carbonyl (C=O) groups excluding carboxylic acids is 1. The molecule has 0 atom stereocenters. The number of nitrogens with one attached hydrogen (secondary N) is 2. The molecule has 6 heteroatoms. The maximum atomic E-state index is 11.8. The van der Waals surface area contributed by atoms with Gasteiger partial charge in [0.05, 0.1) is 11.0 Å². The predicted octanol–water partition coefficient (Wildman–Crippen LogP) is 5.09. The van der Waals surface area contributed by atoms with Gasteiger partial charge in [0, 0.05) is 30.4 Å². The lowest BCUT2D eigenvalue weighted by molar-refractivity contribution is 0.0983. The monoisotopic (exact) mass is 358 g/mol. The number of para-hydroxylation sites is 1. The predicted molar refractivity (Wildman–Crippen MR) is 105 cm³/mol. The first-order chi connectivity index (χ1) is 13.2. The maximum absolute atomic E-state index is 11.8. The van der Waals surface area contributed by atoms with Crippen LogP contribution in [0, 0.1) is 0 Å². The van der Waals surface area contributed by atoms with Gasteiger partial charge in [-0.1, -0.05) is 25.1 Å². The van der Waals surface area contributed by atoms with E-state index in [-0.39, 0.29) is 5.78 Å². The number of aromatic amines is 1. The van der Waals surface area contributed by atoms with Gasteiger partial charge in [-0.05, 0) is 30.3 Å². The number of imidazole rings is 1. The first kappa shape index (κ1) is 16.8. The molecule has 2 heterocycles. The van der Waals surface area contributed by atoms with E-state index in [1.54, 1.807) is 18.3 Å². The highest BCUT2D eigenvalue weighted by atomic mass is 16.5. The van der Waals surface area contributed by atoms with Gasteiger partial charge in [-0.3, -0.25) is 9.78 Å². The Balaban J connectivity index is 1.56. The van der Waals surface area contributed by atoms with E-state index in [2.05, 4.69) is 20.3 Å². The van der Waals surface area contributed by atoms with E-state index in [4.69, 9.17) is 4.74 Å². The normalized spacial score (nSPS) is 10.7. The molecule has 2 aromatic carbocycles. The summed E-state index contributed by atoms with van der Waals surface area (Å²) in [6, 6.07) is 18.8. The van der Waals surface area contributed by atoms with Crippen LogP contribution >= 0.6 is 0 Å². The third-order valence-electron chi connectivity index (χ3n) is 4.06. The number of pyridine rings is 1. The van der Waals surface area contributed by atoms with E-state index in [0.717, 1.165) is 16.7 Å². The number of benzene rings is 2. The fourth-order valence-corrected chi connectivity index (χ4v) is 2.71. The number of hydrogen-bond acceptors (Lipinski definition) is 5. The summed E-state index contributed by atoms with van der Waals surface area (Å²) in [4.78, 5) is 23.7. The highest BCUT2D eigenvalue weighted by Gasteiger charge is 2.08. The van der Waals surface area contributed by atoms with E-state index in [1.807, 2.05) is 55.5 Å². The fraction of sp³-hybridized carbons (Fsp3) is 0.0952. The minimum Gasteiger partial charge on any atom is -0.457 e. The molecule has 2 N–H and O–H groups in total. The number of rotatable bonds is 6. The molecule has 4 rings (SSSR count). The fourth-order valence-electron chi connectivity index (χ4n) is 2.71. The quantitative estimate of drug-likeness (QED) is 0.470. The molecule has 0 aliphatic carbocycles. The minimum atomic E-state index is -0.0129. The Morgan fingerprint density at radius 1 is 1.07 bits per heavy atom. The summed E-state index contributed by atoms with van der Waals surface area (Å²) in [6.07, 6.45) is 1.99. The third-order valence-corrected chi connectivity index (χ3v) is 4.06. The highest BCUT2D eigenvalue weighted by Crippen LogP contribution is 2.26. The number of Topliss-reactive ketones (excluding diaryl/α,β-unsaturated/α-hetero) is 1. The van der Waals surface area contributed by atoms with E-state index in [1.165, 1.54) is 0 Å². The molecule has 0 amide bonds. The van der Waals surface area contributed by atoms with Crippen molar-refractivity contribution in [3.05, 3.63) is 72.6 Å². The van der Waals surface area contributed by atoms with Crippen molar-refractivity contribution < 1.29 is 9.53 Å². The van der Waals surface area contributed by atoms with Crippen molar-refractivity contribution in [1.29, 1.82) is 0 Å². The molecule has 134 valence electrons. The van der Waals surface area contributed by atoms with Crippen LogP contribution in [0.25, 0.3) is 11.0 Å². The van der Waals surface area contributed by atoms with Crippen LogP contribution in [0.1, 0.15) is 23.8 Å². The summed E-state index contributed by atoms with van der Waals surface area (Å²) < 4.78 is 5.89. The summed E-state index contributed by atoms with van der Waals surface area (Å²) in [5, 5.41) is 3.24. The SMILES string of the molecule is CCC(=O)c1cc(Oc2ccc3nc(Nc4ccccc4)[nH]c3c2)ccn1. The molecule has 0 saturated heterocycles. The largest absolute Gasteiger partial charge is 0.457 e. The van der Waals surface area contributed by atoms with Crippen LogP contribution in [0.2, 0.25) is 0 Å². The van der Waals surface area contributed by atoms with Gasteiger partial charge in [0.2, 0.25) is 5.95 Å². The van der Waals surface area contributed by atoms with E-state index in [9.17, 15) is 4.79 Å². The summed E-state index contributed by atoms with van der Waals surface area (Å²) in [6.45, 7) is 1.81. The number of hydrogen-bond donors (Lipinski definition) is 2. The van der Waals surface area contributed by atoms with Gasteiger partial charge in [0.1, 0.15) is 17.2 Å². The molecule has 0 bridgehead atoms. The Morgan fingerprint density at radius 3 is 2.70 bits per heavy atom. The Hall–Kier alpha value is -3.67. The molecule has 0 fully saturated rings. The number of nitrogens with zero attached hydrogens (tertiary/aromatic N) is 2. The minimum absolute atomic E-state index is 0.0129. The van der Waals surface area contributed by atoms with Gasteiger partial charge in [0.15, 0.2) is 5.78 Å². The number of carbonyl (C=O) groups is 1. The first-order valence-corrected chi connectivity index (χ1v) is 8.70. The molecule has 27 heavy (non-hydrogen) atoms. The number of ether oxygens (including phenoxy) is 1. The molecule has 0 radical (unpaired) electrons. The zero-order chi connectivity index (χ0) is 18.6. The Labute approximate surface area is 156 Å². The molecule has 0 aliphatic heterocycles.